The molecule has 4 saturated carbocycles. The van der Waals surface area contributed by atoms with Crippen LogP contribution in [0, 0.1) is 23.2 Å². The summed E-state index contributed by atoms with van der Waals surface area (Å²) in [6.45, 7) is 0. The van der Waals surface area contributed by atoms with Gasteiger partial charge in [0.25, 0.3) is 0 Å². The number of hydrogen-bond acceptors (Lipinski definition) is 2. The molecule has 0 aromatic heterocycles. The average molecular weight is 313 g/mol. The third-order valence-corrected chi connectivity index (χ3v) is 5.96. The number of thiocarbonyl (C=S) groups is 1. The Kier molecular flexibility index (Phi) is 3.44. The molecule has 0 amide bonds. The summed E-state index contributed by atoms with van der Waals surface area (Å²) in [5, 5.41) is 4.93. The lowest BCUT2D eigenvalue weighted by atomic mass is 9.48. The minimum absolute atomic E-state index is 0.230. The van der Waals surface area contributed by atoms with E-state index in [0.29, 0.717) is 0 Å². The van der Waals surface area contributed by atoms with Gasteiger partial charge in [-0.15, -0.1) is 0 Å². The van der Waals surface area contributed by atoms with Gasteiger partial charge in [-0.25, -0.2) is 0 Å². The third-order valence-electron chi connectivity index (χ3n) is 5.87. The lowest BCUT2D eigenvalue weighted by Gasteiger charge is -2.57. The van der Waals surface area contributed by atoms with Crippen molar-refractivity contribution < 1.29 is 0 Å². The molecule has 0 spiro atoms. The van der Waals surface area contributed by atoms with E-state index in [-0.39, 0.29) is 10.5 Å². The molecule has 1 aromatic carbocycles. The number of hydrazone groups is 1. The summed E-state index contributed by atoms with van der Waals surface area (Å²) in [5.74, 6) is 2.68. The van der Waals surface area contributed by atoms with Gasteiger partial charge in [-0.1, -0.05) is 30.3 Å². The van der Waals surface area contributed by atoms with E-state index in [4.69, 9.17) is 18.0 Å². The number of rotatable bonds is 3. The van der Waals surface area contributed by atoms with Gasteiger partial charge in [0.15, 0.2) is 5.11 Å². The Morgan fingerprint density at radius 1 is 1.05 bits per heavy atom. The normalized spacial score (nSPS) is 36.4. The minimum Gasteiger partial charge on any atom is -0.375 e. The molecule has 4 aliphatic carbocycles. The predicted octanol–water partition coefficient (Wildman–Crippen LogP) is 3.44. The molecule has 22 heavy (non-hydrogen) atoms. The monoisotopic (exact) mass is 313 g/mol. The summed E-state index contributed by atoms with van der Waals surface area (Å²) in [7, 11) is 0. The van der Waals surface area contributed by atoms with E-state index in [1.165, 1.54) is 49.8 Å². The van der Waals surface area contributed by atoms with Crippen LogP contribution in [0.4, 0.5) is 0 Å². The van der Waals surface area contributed by atoms with Crippen LogP contribution in [0.5, 0.6) is 0 Å². The summed E-state index contributed by atoms with van der Waals surface area (Å²) in [4.78, 5) is 0. The van der Waals surface area contributed by atoms with Gasteiger partial charge < -0.3 is 5.73 Å². The van der Waals surface area contributed by atoms with Gasteiger partial charge in [-0.05, 0) is 74.1 Å². The van der Waals surface area contributed by atoms with Crippen molar-refractivity contribution >= 4 is 23.0 Å². The molecule has 0 radical (unpaired) electrons. The van der Waals surface area contributed by atoms with Crippen LogP contribution in [0.2, 0.25) is 0 Å². The van der Waals surface area contributed by atoms with E-state index in [1.54, 1.807) is 0 Å². The zero-order chi connectivity index (χ0) is 15.2. The average Bonchev–Trinajstić information content (AvgIpc) is 2.46. The van der Waals surface area contributed by atoms with Crippen LogP contribution in [0.3, 0.4) is 0 Å². The van der Waals surface area contributed by atoms with Gasteiger partial charge >= 0.3 is 0 Å². The van der Waals surface area contributed by atoms with Crippen LogP contribution in [0.15, 0.2) is 35.4 Å². The summed E-state index contributed by atoms with van der Waals surface area (Å²) >= 11 is 4.97. The molecular weight excluding hydrogens is 290 g/mol. The molecule has 4 fully saturated rings. The first-order valence-corrected chi connectivity index (χ1v) is 8.74. The number of nitrogens with zero attached hydrogens (tertiary/aromatic N) is 1. The van der Waals surface area contributed by atoms with Crippen LogP contribution in [0.1, 0.15) is 44.1 Å². The van der Waals surface area contributed by atoms with Crippen molar-refractivity contribution in [2.45, 2.75) is 38.5 Å². The first kappa shape index (κ1) is 14.2. The third kappa shape index (κ3) is 2.43. The summed E-state index contributed by atoms with van der Waals surface area (Å²) in [6.07, 6.45) is 8.15. The van der Waals surface area contributed by atoms with Crippen molar-refractivity contribution in [3.63, 3.8) is 0 Å². The molecule has 0 saturated heterocycles. The van der Waals surface area contributed by atoms with Crippen molar-refractivity contribution in [3.8, 4) is 0 Å². The minimum atomic E-state index is 0.230. The zero-order valence-corrected chi connectivity index (χ0v) is 13.6. The molecule has 0 aliphatic heterocycles. The van der Waals surface area contributed by atoms with Crippen LogP contribution < -0.4 is 11.2 Å². The Hall–Kier alpha value is -1.42. The molecular formula is C18H23N3S. The number of benzene rings is 1. The highest BCUT2D eigenvalue weighted by Crippen LogP contribution is 2.61. The van der Waals surface area contributed by atoms with Crippen LogP contribution >= 0.6 is 12.2 Å². The maximum Gasteiger partial charge on any atom is 0.184 e. The molecule has 4 heteroatoms. The van der Waals surface area contributed by atoms with E-state index in [9.17, 15) is 0 Å². The number of hydrogen-bond donors (Lipinski definition) is 2. The van der Waals surface area contributed by atoms with Gasteiger partial charge in [-0.2, -0.15) is 5.10 Å². The largest absolute Gasteiger partial charge is 0.375 e. The highest BCUT2D eigenvalue weighted by Gasteiger charge is 2.53. The first-order chi connectivity index (χ1) is 10.6. The highest BCUT2D eigenvalue weighted by atomic mass is 32.1. The fourth-order valence-corrected chi connectivity index (χ4v) is 5.64. The highest BCUT2D eigenvalue weighted by molar-refractivity contribution is 7.80. The van der Waals surface area contributed by atoms with Crippen molar-refractivity contribution in [1.29, 1.82) is 0 Å². The summed E-state index contributed by atoms with van der Waals surface area (Å²) in [6, 6.07) is 10.6. The fraction of sp³-hybridized carbons (Fsp3) is 0.556. The molecule has 0 heterocycles. The van der Waals surface area contributed by atoms with E-state index in [2.05, 4.69) is 40.9 Å². The summed E-state index contributed by atoms with van der Waals surface area (Å²) < 4.78 is 0. The van der Waals surface area contributed by atoms with E-state index < -0.39 is 0 Å². The van der Waals surface area contributed by atoms with Crippen molar-refractivity contribution in [2.24, 2.45) is 34.0 Å². The maximum atomic E-state index is 5.62. The Labute approximate surface area is 137 Å². The zero-order valence-electron chi connectivity index (χ0n) is 12.8. The van der Waals surface area contributed by atoms with E-state index >= 15 is 0 Å². The Balaban J connectivity index is 1.74. The van der Waals surface area contributed by atoms with Gasteiger partial charge in [0, 0.05) is 5.41 Å². The van der Waals surface area contributed by atoms with E-state index in [0.717, 1.165) is 17.8 Å². The smallest absolute Gasteiger partial charge is 0.184 e. The molecule has 4 aliphatic rings. The van der Waals surface area contributed by atoms with Gasteiger partial charge in [0.2, 0.25) is 0 Å². The Morgan fingerprint density at radius 3 is 2.09 bits per heavy atom. The standard InChI is InChI=1S/C18H23N3S/c19-17(22)21-20-16(15-4-2-1-3-5-15)18-9-12-6-13(10-18)8-14(7-12)11-18/h1-5,12-14H,6-11H2,(H3,19,21,22)/b20-16+. The maximum absolute atomic E-state index is 5.62. The second kappa shape index (κ2) is 5.34. The molecule has 0 atom stereocenters. The molecule has 5 rings (SSSR count). The van der Waals surface area contributed by atoms with Crippen LogP contribution in [-0.2, 0) is 0 Å². The molecule has 3 nitrogen and oxygen atoms in total. The van der Waals surface area contributed by atoms with Gasteiger partial charge in [-0.3, -0.25) is 5.43 Å². The van der Waals surface area contributed by atoms with Crippen LogP contribution in [-0.4, -0.2) is 10.8 Å². The van der Waals surface area contributed by atoms with E-state index in [1.807, 2.05) is 0 Å². The Bertz CT molecular complexity index is 573. The predicted molar refractivity (Wildman–Crippen MR) is 93.5 cm³/mol. The molecule has 3 N–H and O–H groups in total. The van der Waals surface area contributed by atoms with Crippen molar-refractivity contribution in [1.82, 2.24) is 5.43 Å². The SMILES string of the molecule is NC(=S)N/N=C(\c1ccccc1)C12CC3CC(CC(C3)C1)C2. The van der Waals surface area contributed by atoms with Gasteiger partial charge in [0.1, 0.15) is 0 Å². The second-order valence-corrected chi connectivity index (χ2v) is 7.94. The Morgan fingerprint density at radius 2 is 1.59 bits per heavy atom. The quantitative estimate of drug-likeness (QED) is 0.510. The lowest BCUT2D eigenvalue weighted by Crippen LogP contribution is -2.50. The number of nitrogens with two attached hydrogens (primary N) is 1. The van der Waals surface area contributed by atoms with Crippen LogP contribution in [0.25, 0.3) is 0 Å². The first-order valence-electron chi connectivity index (χ1n) is 8.34. The number of nitrogens with one attached hydrogen (secondary N) is 1. The topological polar surface area (TPSA) is 50.4 Å². The van der Waals surface area contributed by atoms with Gasteiger partial charge in [0.05, 0.1) is 5.71 Å². The second-order valence-electron chi connectivity index (χ2n) is 7.50. The van der Waals surface area contributed by atoms with Crippen molar-refractivity contribution in [3.05, 3.63) is 35.9 Å². The summed E-state index contributed by atoms with van der Waals surface area (Å²) in [5.41, 5.74) is 11.1. The lowest BCUT2D eigenvalue weighted by molar-refractivity contribution is -0.0121. The fourth-order valence-electron chi connectivity index (χ4n) is 5.60. The molecule has 116 valence electrons. The molecule has 1 aromatic rings. The molecule has 4 bridgehead atoms. The molecule has 0 unspecified atom stereocenters. The van der Waals surface area contributed by atoms with Crippen molar-refractivity contribution in [2.75, 3.05) is 0 Å².